The molecule has 214 valence electrons. The standard InChI is InChI=1S/C35H34N2O4S/c1-5-37-32-15-13-25(34(39)28-12-7-6-10-23(28)3)20-29(32)30-21-26(14-16-33(30)37)35(40)31(36-41-24(4)38)17-18-42-27-11-8-9-22(2)19-27/h6-16,19-21,24,38H,5,17-18H2,1-4H3/b36-31+. The van der Waals surface area contributed by atoms with Crippen LogP contribution in [-0.4, -0.2) is 39.0 Å². The van der Waals surface area contributed by atoms with Crippen molar-refractivity contribution in [2.24, 2.45) is 5.16 Å². The van der Waals surface area contributed by atoms with E-state index in [1.807, 2.05) is 86.6 Å². The minimum atomic E-state index is -1.13. The number of aliphatic hydroxyl groups excluding tert-OH is 1. The van der Waals surface area contributed by atoms with Gasteiger partial charge < -0.3 is 14.5 Å². The van der Waals surface area contributed by atoms with Crippen LogP contribution in [-0.2, 0) is 11.4 Å². The van der Waals surface area contributed by atoms with Gasteiger partial charge in [-0.25, -0.2) is 0 Å². The van der Waals surface area contributed by atoms with Crippen molar-refractivity contribution in [2.75, 3.05) is 5.75 Å². The maximum Gasteiger partial charge on any atom is 0.221 e. The molecule has 0 bridgehead atoms. The quantitative estimate of drug-likeness (QED) is 0.0570. The van der Waals surface area contributed by atoms with Crippen LogP contribution in [0, 0.1) is 13.8 Å². The summed E-state index contributed by atoms with van der Waals surface area (Å²) >= 11 is 1.64. The molecule has 6 nitrogen and oxygen atoms in total. The van der Waals surface area contributed by atoms with Gasteiger partial charge in [0.15, 0.2) is 5.78 Å². The fourth-order valence-electron chi connectivity index (χ4n) is 5.19. The van der Waals surface area contributed by atoms with E-state index in [1.165, 1.54) is 12.5 Å². The summed E-state index contributed by atoms with van der Waals surface area (Å²) in [5, 5.41) is 15.5. The summed E-state index contributed by atoms with van der Waals surface area (Å²) in [6, 6.07) is 27.2. The highest BCUT2D eigenvalue weighted by Gasteiger charge is 2.20. The molecular formula is C35H34N2O4S. The number of hydrogen-bond acceptors (Lipinski definition) is 6. The fourth-order valence-corrected chi connectivity index (χ4v) is 6.16. The van der Waals surface area contributed by atoms with Gasteiger partial charge in [-0.2, -0.15) is 0 Å². The number of rotatable bonds is 11. The molecule has 5 rings (SSSR count). The summed E-state index contributed by atoms with van der Waals surface area (Å²) in [6.07, 6.45) is -0.764. The smallest absolute Gasteiger partial charge is 0.221 e. The van der Waals surface area contributed by atoms with Crippen molar-refractivity contribution >= 4 is 50.8 Å². The van der Waals surface area contributed by atoms with E-state index >= 15 is 0 Å². The van der Waals surface area contributed by atoms with Gasteiger partial charge >= 0.3 is 0 Å². The number of carbonyl (C=O) groups is 2. The van der Waals surface area contributed by atoms with E-state index in [0.717, 1.165) is 38.8 Å². The Bertz CT molecular complexity index is 1820. The van der Waals surface area contributed by atoms with Crippen LogP contribution in [0.2, 0.25) is 0 Å². The Kier molecular flexibility index (Phi) is 8.90. The highest BCUT2D eigenvalue weighted by Crippen LogP contribution is 2.32. The second-order valence-corrected chi connectivity index (χ2v) is 11.5. The molecule has 0 aliphatic heterocycles. The maximum atomic E-state index is 13.7. The largest absolute Gasteiger partial charge is 0.364 e. The second kappa shape index (κ2) is 12.8. The van der Waals surface area contributed by atoms with Gasteiger partial charge in [0.2, 0.25) is 12.1 Å². The number of carbonyl (C=O) groups excluding carboxylic acids is 2. The topological polar surface area (TPSA) is 80.9 Å². The predicted octanol–water partition coefficient (Wildman–Crippen LogP) is 7.74. The molecule has 42 heavy (non-hydrogen) atoms. The first-order chi connectivity index (χ1) is 20.3. The normalized spacial score (nSPS) is 12.5. The van der Waals surface area contributed by atoms with Gasteiger partial charge in [0.05, 0.1) is 0 Å². The summed E-state index contributed by atoms with van der Waals surface area (Å²) < 4.78 is 2.19. The minimum absolute atomic E-state index is 0.0320. The van der Waals surface area contributed by atoms with Crippen LogP contribution >= 0.6 is 11.8 Å². The molecule has 1 atom stereocenters. The van der Waals surface area contributed by atoms with Crippen LogP contribution in [0.15, 0.2) is 95.0 Å². The molecule has 1 heterocycles. The zero-order valence-corrected chi connectivity index (χ0v) is 25.1. The zero-order valence-electron chi connectivity index (χ0n) is 24.3. The van der Waals surface area contributed by atoms with Gasteiger partial charge in [0.25, 0.3) is 0 Å². The van der Waals surface area contributed by atoms with E-state index in [4.69, 9.17) is 4.84 Å². The first kappa shape index (κ1) is 29.3. The van der Waals surface area contributed by atoms with Crippen LogP contribution in [0.1, 0.15) is 57.7 Å². The molecule has 0 fully saturated rings. The summed E-state index contributed by atoms with van der Waals surface area (Å²) in [7, 11) is 0. The summed E-state index contributed by atoms with van der Waals surface area (Å²) in [6.45, 7) is 8.25. The number of fused-ring (bicyclic) bond motifs is 3. The average molecular weight is 579 g/mol. The lowest BCUT2D eigenvalue weighted by Crippen LogP contribution is -2.17. The van der Waals surface area contributed by atoms with Crippen molar-refractivity contribution in [3.05, 3.63) is 113 Å². The Hall–Kier alpha value is -4.20. The molecule has 5 aromatic rings. The number of aryl methyl sites for hydroxylation is 3. The van der Waals surface area contributed by atoms with Crippen LogP contribution in [0.4, 0.5) is 0 Å². The molecule has 0 radical (unpaired) electrons. The van der Waals surface area contributed by atoms with Gasteiger partial charge in [-0.15, -0.1) is 11.8 Å². The minimum Gasteiger partial charge on any atom is -0.364 e. The Labute approximate surface area is 250 Å². The molecule has 0 saturated carbocycles. The first-order valence-corrected chi connectivity index (χ1v) is 15.1. The number of nitrogens with zero attached hydrogens (tertiary/aromatic N) is 2. The van der Waals surface area contributed by atoms with E-state index in [-0.39, 0.29) is 17.3 Å². The van der Waals surface area contributed by atoms with Crippen molar-refractivity contribution < 1.29 is 19.5 Å². The van der Waals surface area contributed by atoms with Gasteiger partial charge in [-0.1, -0.05) is 47.1 Å². The third kappa shape index (κ3) is 6.17. The Morgan fingerprint density at radius 1 is 0.905 bits per heavy atom. The Morgan fingerprint density at radius 2 is 1.60 bits per heavy atom. The molecule has 1 N–H and O–H groups in total. The Morgan fingerprint density at radius 3 is 2.26 bits per heavy atom. The molecule has 0 saturated heterocycles. The number of Topliss-reactive ketones (excluding diaryl/α,β-unsaturated/α-hetero) is 1. The zero-order chi connectivity index (χ0) is 29.8. The molecule has 1 unspecified atom stereocenters. The number of thioether (sulfide) groups is 1. The number of ketones is 2. The molecular weight excluding hydrogens is 544 g/mol. The van der Waals surface area contributed by atoms with Crippen molar-refractivity contribution in [1.29, 1.82) is 0 Å². The number of aromatic nitrogens is 1. The third-order valence-electron chi connectivity index (χ3n) is 7.27. The van der Waals surface area contributed by atoms with E-state index in [1.54, 1.807) is 17.8 Å². The molecule has 0 amide bonds. The van der Waals surface area contributed by atoms with E-state index in [0.29, 0.717) is 28.9 Å². The van der Waals surface area contributed by atoms with E-state index < -0.39 is 6.29 Å². The molecule has 1 aromatic heterocycles. The average Bonchev–Trinajstić information content (AvgIpc) is 3.30. The second-order valence-electron chi connectivity index (χ2n) is 10.3. The van der Waals surface area contributed by atoms with Gasteiger partial charge in [0, 0.05) is 69.0 Å². The number of benzene rings is 4. The van der Waals surface area contributed by atoms with Crippen molar-refractivity contribution in [3.8, 4) is 0 Å². The highest BCUT2D eigenvalue weighted by molar-refractivity contribution is 7.99. The van der Waals surface area contributed by atoms with Crippen LogP contribution in [0.5, 0.6) is 0 Å². The lowest BCUT2D eigenvalue weighted by Gasteiger charge is -2.09. The maximum absolute atomic E-state index is 13.7. The SMILES string of the molecule is CCn1c2ccc(C(=O)/C(CCSc3cccc(C)c3)=N/OC(C)O)cc2c2cc(C(=O)c3ccccc3C)ccc21. The lowest BCUT2D eigenvalue weighted by molar-refractivity contribution is -0.0837. The highest BCUT2D eigenvalue weighted by atomic mass is 32.2. The monoisotopic (exact) mass is 578 g/mol. The molecule has 7 heteroatoms. The fraction of sp³-hybridized carbons (Fsp3) is 0.229. The number of hydrogen-bond donors (Lipinski definition) is 1. The number of oxime groups is 1. The van der Waals surface area contributed by atoms with Crippen molar-refractivity contribution in [1.82, 2.24) is 4.57 Å². The molecule has 0 aliphatic carbocycles. The van der Waals surface area contributed by atoms with Gasteiger partial charge in [-0.3, -0.25) is 9.59 Å². The van der Waals surface area contributed by atoms with E-state index in [9.17, 15) is 14.7 Å². The summed E-state index contributed by atoms with van der Waals surface area (Å²) in [4.78, 5) is 33.4. The molecule has 0 spiro atoms. The van der Waals surface area contributed by atoms with Crippen molar-refractivity contribution in [2.45, 2.75) is 51.8 Å². The van der Waals surface area contributed by atoms with Crippen LogP contribution < -0.4 is 0 Å². The lowest BCUT2D eigenvalue weighted by atomic mass is 9.97. The molecule has 0 aliphatic rings. The first-order valence-electron chi connectivity index (χ1n) is 14.1. The van der Waals surface area contributed by atoms with E-state index in [2.05, 4.69) is 22.7 Å². The van der Waals surface area contributed by atoms with Gasteiger partial charge in [0.1, 0.15) is 5.71 Å². The van der Waals surface area contributed by atoms with Crippen molar-refractivity contribution in [3.63, 3.8) is 0 Å². The van der Waals surface area contributed by atoms with Crippen LogP contribution in [0.25, 0.3) is 21.8 Å². The van der Waals surface area contributed by atoms with Crippen LogP contribution in [0.3, 0.4) is 0 Å². The predicted molar refractivity (Wildman–Crippen MR) is 171 cm³/mol. The third-order valence-corrected chi connectivity index (χ3v) is 8.27. The summed E-state index contributed by atoms with van der Waals surface area (Å²) in [5.41, 5.74) is 6.08. The van der Waals surface area contributed by atoms with Gasteiger partial charge in [-0.05, 0) is 74.9 Å². The Balaban J connectivity index is 1.50. The summed E-state index contributed by atoms with van der Waals surface area (Å²) in [5.74, 6) is 0.334. The number of aliphatic hydroxyl groups is 1. The molecule has 4 aromatic carbocycles.